The molecule has 0 radical (unpaired) electrons. The largest absolute Gasteiger partial charge is 0.513 e. The third-order valence-electron chi connectivity index (χ3n) is 4.84. The lowest BCUT2D eigenvalue weighted by molar-refractivity contribution is -0.121. The number of carbonyl (C=O) groups is 3. The lowest BCUT2D eigenvalue weighted by atomic mass is 10.1. The van der Waals surface area contributed by atoms with Gasteiger partial charge in [-0.05, 0) is 73.0 Å². The smallest absolute Gasteiger partial charge is 0.434 e. The Morgan fingerprint density at radius 2 is 1.50 bits per heavy atom. The van der Waals surface area contributed by atoms with Crippen molar-refractivity contribution in [3.63, 3.8) is 0 Å². The highest BCUT2D eigenvalue weighted by Crippen LogP contribution is 2.16. The van der Waals surface area contributed by atoms with Gasteiger partial charge in [0.05, 0.1) is 6.61 Å². The topological polar surface area (TPSA) is 93.7 Å². The lowest BCUT2D eigenvalue weighted by Crippen LogP contribution is -2.23. The molecular weight excluding hydrogens is 500 g/mol. The maximum absolute atomic E-state index is 12.5. The number of amides is 2. The van der Waals surface area contributed by atoms with Gasteiger partial charge in [-0.25, -0.2) is 4.79 Å². The van der Waals surface area contributed by atoms with Gasteiger partial charge in [0.25, 0.3) is 5.91 Å². The van der Waals surface area contributed by atoms with Crippen molar-refractivity contribution in [2.75, 3.05) is 11.9 Å². The van der Waals surface area contributed by atoms with Gasteiger partial charge in [-0.3, -0.25) is 9.59 Å². The number of ether oxygens (including phenoxy) is 2. The van der Waals surface area contributed by atoms with Crippen LogP contribution in [-0.2, 0) is 22.5 Å². The van der Waals surface area contributed by atoms with Crippen LogP contribution in [0.2, 0.25) is 0 Å². The Morgan fingerprint density at radius 1 is 0.853 bits per heavy atom. The number of hydrogen-bond donors (Lipinski definition) is 2. The fourth-order valence-electron chi connectivity index (χ4n) is 3.03. The summed E-state index contributed by atoms with van der Waals surface area (Å²) in [5.41, 5.74) is 3.08. The SMILES string of the molecule is CCOC(=O)Oc1ccc(C(=O)Nc2ccc(CNC(=O)CCc3ccc(Br)cc3)cc2)cc1. The number of halogens is 1. The van der Waals surface area contributed by atoms with Crippen LogP contribution in [0.5, 0.6) is 5.75 Å². The van der Waals surface area contributed by atoms with E-state index in [1.807, 2.05) is 36.4 Å². The van der Waals surface area contributed by atoms with E-state index in [9.17, 15) is 14.4 Å². The normalized spacial score (nSPS) is 10.3. The number of nitrogens with one attached hydrogen (secondary N) is 2. The minimum atomic E-state index is -0.791. The Balaban J connectivity index is 1.43. The molecule has 0 unspecified atom stereocenters. The Morgan fingerprint density at radius 3 is 2.15 bits per heavy atom. The van der Waals surface area contributed by atoms with Crippen molar-refractivity contribution < 1.29 is 23.9 Å². The summed E-state index contributed by atoms with van der Waals surface area (Å²) < 4.78 is 10.7. The Hall–Kier alpha value is -3.65. The quantitative estimate of drug-likeness (QED) is 0.285. The molecule has 8 heteroatoms. The maximum atomic E-state index is 12.5. The van der Waals surface area contributed by atoms with Crippen LogP contribution in [0.4, 0.5) is 10.5 Å². The number of anilines is 1. The zero-order valence-corrected chi connectivity index (χ0v) is 20.3. The van der Waals surface area contributed by atoms with Gasteiger partial charge >= 0.3 is 6.16 Å². The van der Waals surface area contributed by atoms with Crippen molar-refractivity contribution in [3.8, 4) is 5.75 Å². The number of rotatable bonds is 9. The van der Waals surface area contributed by atoms with E-state index in [0.29, 0.717) is 36.4 Å². The van der Waals surface area contributed by atoms with Gasteiger partial charge in [-0.1, -0.05) is 40.2 Å². The highest BCUT2D eigenvalue weighted by atomic mass is 79.9. The second kappa shape index (κ2) is 12.6. The molecule has 2 amide bonds. The zero-order chi connectivity index (χ0) is 24.3. The van der Waals surface area contributed by atoms with E-state index in [0.717, 1.165) is 15.6 Å². The fraction of sp³-hybridized carbons (Fsp3) is 0.192. The summed E-state index contributed by atoms with van der Waals surface area (Å²) in [6.45, 7) is 2.32. The molecular formula is C26H25BrN2O5. The highest BCUT2D eigenvalue weighted by molar-refractivity contribution is 9.10. The molecule has 0 heterocycles. The molecule has 0 saturated heterocycles. The van der Waals surface area contributed by atoms with Crippen molar-refractivity contribution in [3.05, 3.63) is 94.0 Å². The second-order valence-electron chi connectivity index (χ2n) is 7.36. The molecule has 0 aliphatic heterocycles. The molecule has 0 aliphatic carbocycles. The van der Waals surface area contributed by atoms with E-state index in [4.69, 9.17) is 9.47 Å². The van der Waals surface area contributed by atoms with E-state index in [1.165, 1.54) is 12.1 Å². The molecule has 0 spiro atoms. The summed E-state index contributed by atoms with van der Waals surface area (Å²) in [5.74, 6) is -0.0226. The third-order valence-corrected chi connectivity index (χ3v) is 5.36. The van der Waals surface area contributed by atoms with Crippen molar-refractivity contribution in [1.29, 1.82) is 0 Å². The average Bonchev–Trinajstić information content (AvgIpc) is 2.84. The standard InChI is InChI=1S/C26H25BrN2O5/c1-2-33-26(32)34-23-14-8-20(9-15-23)25(31)29-22-12-5-19(6-13-22)17-28-24(30)16-7-18-3-10-21(27)11-4-18/h3-6,8-15H,2,7,16-17H2,1H3,(H,28,30)(H,29,31). The zero-order valence-electron chi connectivity index (χ0n) is 18.7. The first-order valence-corrected chi connectivity index (χ1v) is 11.6. The van der Waals surface area contributed by atoms with Crippen molar-refractivity contribution in [1.82, 2.24) is 5.32 Å². The Labute approximate surface area is 206 Å². The van der Waals surface area contributed by atoms with Crippen LogP contribution in [-0.4, -0.2) is 24.6 Å². The van der Waals surface area contributed by atoms with Crippen LogP contribution >= 0.6 is 15.9 Å². The Bertz CT molecular complexity index is 1110. The van der Waals surface area contributed by atoms with Gasteiger partial charge in [0.15, 0.2) is 0 Å². The van der Waals surface area contributed by atoms with Crippen LogP contribution in [0.25, 0.3) is 0 Å². The fourth-order valence-corrected chi connectivity index (χ4v) is 3.29. The summed E-state index contributed by atoms with van der Waals surface area (Å²) in [4.78, 5) is 35.9. The van der Waals surface area contributed by atoms with E-state index < -0.39 is 6.16 Å². The molecule has 0 fully saturated rings. The molecule has 34 heavy (non-hydrogen) atoms. The Kier molecular flexibility index (Phi) is 9.22. The first-order chi connectivity index (χ1) is 16.4. The minimum Gasteiger partial charge on any atom is -0.434 e. The first kappa shape index (κ1) is 25.0. The summed E-state index contributed by atoms with van der Waals surface area (Å²) in [5, 5.41) is 5.72. The molecule has 3 aromatic carbocycles. The number of aryl methyl sites for hydroxylation is 1. The van der Waals surface area contributed by atoms with Crippen LogP contribution in [0, 0.1) is 0 Å². The van der Waals surface area contributed by atoms with Gasteiger partial charge in [0.2, 0.25) is 5.91 Å². The van der Waals surface area contributed by atoms with E-state index in [1.54, 1.807) is 31.2 Å². The van der Waals surface area contributed by atoms with Crippen LogP contribution in [0.3, 0.4) is 0 Å². The van der Waals surface area contributed by atoms with Crippen molar-refractivity contribution in [2.45, 2.75) is 26.3 Å². The lowest BCUT2D eigenvalue weighted by Gasteiger charge is -2.09. The predicted octanol–water partition coefficient (Wildman–Crippen LogP) is 5.49. The van der Waals surface area contributed by atoms with Gasteiger partial charge in [-0.15, -0.1) is 0 Å². The van der Waals surface area contributed by atoms with Gasteiger partial charge in [0.1, 0.15) is 5.75 Å². The number of hydrogen-bond acceptors (Lipinski definition) is 5. The monoisotopic (exact) mass is 524 g/mol. The maximum Gasteiger partial charge on any atom is 0.513 e. The third kappa shape index (κ3) is 8.04. The number of carbonyl (C=O) groups excluding carboxylic acids is 3. The van der Waals surface area contributed by atoms with Crippen LogP contribution in [0.15, 0.2) is 77.3 Å². The molecule has 176 valence electrons. The van der Waals surface area contributed by atoms with Gasteiger partial charge < -0.3 is 20.1 Å². The second-order valence-corrected chi connectivity index (χ2v) is 8.28. The summed E-state index contributed by atoms with van der Waals surface area (Å²) in [6.07, 6.45) is 0.305. The first-order valence-electron chi connectivity index (χ1n) is 10.8. The van der Waals surface area contributed by atoms with Crippen molar-refractivity contribution >= 4 is 39.6 Å². The molecule has 7 nitrogen and oxygen atoms in total. The summed E-state index contributed by atoms with van der Waals surface area (Å²) in [7, 11) is 0. The van der Waals surface area contributed by atoms with Gasteiger partial charge in [0, 0.05) is 28.7 Å². The van der Waals surface area contributed by atoms with E-state index in [-0.39, 0.29) is 18.4 Å². The highest BCUT2D eigenvalue weighted by Gasteiger charge is 2.09. The molecule has 0 atom stereocenters. The molecule has 2 N–H and O–H groups in total. The van der Waals surface area contributed by atoms with Crippen molar-refractivity contribution in [2.24, 2.45) is 0 Å². The molecule has 0 aromatic heterocycles. The molecule has 3 rings (SSSR count). The summed E-state index contributed by atoms with van der Waals surface area (Å²) >= 11 is 3.40. The average molecular weight is 525 g/mol. The van der Waals surface area contributed by atoms with E-state index >= 15 is 0 Å². The van der Waals surface area contributed by atoms with Gasteiger partial charge in [-0.2, -0.15) is 0 Å². The molecule has 3 aromatic rings. The molecule has 0 bridgehead atoms. The predicted molar refractivity (Wildman–Crippen MR) is 133 cm³/mol. The summed E-state index contributed by atoms with van der Waals surface area (Å²) in [6, 6.07) is 21.3. The van der Waals surface area contributed by atoms with Crippen LogP contribution in [0.1, 0.15) is 34.8 Å². The van der Waals surface area contributed by atoms with Crippen LogP contribution < -0.4 is 15.4 Å². The molecule has 0 saturated carbocycles. The minimum absolute atomic E-state index is 0.0179. The molecule has 0 aliphatic rings. The van der Waals surface area contributed by atoms with E-state index in [2.05, 4.69) is 26.6 Å². The number of benzene rings is 3.